The first-order valence-electron chi connectivity index (χ1n) is 19.1. The quantitative estimate of drug-likeness (QED) is 0.141. The number of hydrogen-bond acceptors (Lipinski definition) is 2. The maximum atomic E-state index is 2.56. The summed E-state index contributed by atoms with van der Waals surface area (Å²) in [5, 5.41) is 7.41. The van der Waals surface area contributed by atoms with Gasteiger partial charge in [-0.15, -0.1) is 0 Å². The van der Waals surface area contributed by atoms with Crippen LogP contribution in [0, 0.1) is 0 Å². The van der Waals surface area contributed by atoms with Crippen molar-refractivity contribution in [2.75, 3.05) is 9.80 Å². The van der Waals surface area contributed by atoms with E-state index < -0.39 is 0 Å². The molecule has 0 aliphatic carbocycles. The predicted octanol–water partition coefficient (Wildman–Crippen LogP) is 14.8. The molecule has 1 unspecified atom stereocenters. The van der Waals surface area contributed by atoms with Crippen molar-refractivity contribution < 1.29 is 0 Å². The summed E-state index contributed by atoms with van der Waals surface area (Å²) in [5.41, 5.74) is 8.23. The molecule has 0 bridgehead atoms. The van der Waals surface area contributed by atoms with E-state index in [9.17, 15) is 0 Å². The van der Waals surface area contributed by atoms with Gasteiger partial charge in [-0.2, -0.15) is 0 Å². The lowest BCUT2D eigenvalue weighted by atomic mass is 9.79. The number of fused-ring (bicyclic) bond motifs is 3. The van der Waals surface area contributed by atoms with Gasteiger partial charge in [0.2, 0.25) is 0 Å². The molecule has 0 amide bonds. The van der Waals surface area contributed by atoms with Gasteiger partial charge in [-0.1, -0.05) is 143 Å². The number of benzene rings is 8. The molecule has 2 heteroatoms. The minimum atomic E-state index is -0.310. The molecule has 0 aliphatic rings. The molecular formula is C51H48N2. The largest absolute Gasteiger partial charge is 0.331 e. The molecule has 2 nitrogen and oxygen atoms in total. The first-order valence-corrected chi connectivity index (χ1v) is 19.1. The van der Waals surface area contributed by atoms with E-state index in [1.54, 1.807) is 0 Å². The van der Waals surface area contributed by atoms with Gasteiger partial charge in [-0.25, -0.2) is 0 Å². The normalized spacial score (nSPS) is 12.9. The summed E-state index contributed by atoms with van der Waals surface area (Å²) < 4.78 is 0. The number of anilines is 5. The fourth-order valence-corrected chi connectivity index (χ4v) is 7.84. The first-order chi connectivity index (χ1) is 25.8. The Hall–Kier alpha value is -5.86. The van der Waals surface area contributed by atoms with Gasteiger partial charge in [-0.3, -0.25) is 0 Å². The highest BCUT2D eigenvalue weighted by Crippen LogP contribution is 2.45. The van der Waals surface area contributed by atoms with E-state index in [1.807, 2.05) is 0 Å². The van der Waals surface area contributed by atoms with Crippen molar-refractivity contribution in [1.29, 1.82) is 0 Å². The predicted molar refractivity (Wildman–Crippen MR) is 230 cm³/mol. The number of nitrogens with zero attached hydrogens (tertiary/aromatic N) is 2. The Morgan fingerprint density at radius 2 is 0.736 bits per heavy atom. The number of rotatable bonds is 10. The second-order valence-corrected chi connectivity index (χ2v) is 15.2. The van der Waals surface area contributed by atoms with Crippen LogP contribution in [0.3, 0.4) is 0 Å². The summed E-state index contributed by atoms with van der Waals surface area (Å²) in [6, 6.07) is 64.9. The molecule has 1 atom stereocenters. The molecule has 262 valence electrons. The fraction of sp³-hybridized carbons (Fsp3) is 0.176. The molecule has 0 saturated carbocycles. The minimum Gasteiger partial charge on any atom is -0.331 e. The maximum Gasteiger partial charge on any atom is 0.0671 e. The van der Waals surface area contributed by atoms with Crippen molar-refractivity contribution >= 4 is 60.8 Å². The van der Waals surface area contributed by atoms with Gasteiger partial charge in [0.25, 0.3) is 0 Å². The Bertz CT molecular complexity index is 2450. The van der Waals surface area contributed by atoms with E-state index >= 15 is 0 Å². The van der Waals surface area contributed by atoms with Crippen molar-refractivity contribution in [2.24, 2.45) is 0 Å². The lowest BCUT2D eigenvalue weighted by Crippen LogP contribution is -2.40. The van der Waals surface area contributed by atoms with Crippen LogP contribution in [0.2, 0.25) is 0 Å². The van der Waals surface area contributed by atoms with Crippen molar-refractivity contribution in [1.82, 2.24) is 0 Å². The Balaban J connectivity index is 1.27. The Kier molecular flexibility index (Phi) is 9.00. The summed E-state index contributed by atoms with van der Waals surface area (Å²) in [6.07, 6.45) is 2.03. The van der Waals surface area contributed by atoms with Crippen LogP contribution in [0.5, 0.6) is 0 Å². The molecule has 8 rings (SSSR count). The smallest absolute Gasteiger partial charge is 0.0671 e. The third-order valence-electron chi connectivity index (χ3n) is 11.7. The van der Waals surface area contributed by atoms with Crippen LogP contribution in [0.4, 0.5) is 28.4 Å². The molecule has 0 radical (unpaired) electrons. The van der Waals surface area contributed by atoms with Gasteiger partial charge in [0.15, 0.2) is 0 Å². The van der Waals surface area contributed by atoms with Crippen LogP contribution < -0.4 is 9.80 Å². The Labute approximate surface area is 315 Å². The van der Waals surface area contributed by atoms with E-state index in [1.165, 1.54) is 49.1 Å². The molecule has 0 saturated heterocycles. The average Bonchev–Trinajstić information content (AvgIpc) is 3.21. The maximum absolute atomic E-state index is 2.56. The molecule has 8 aromatic carbocycles. The zero-order chi connectivity index (χ0) is 36.6. The third-order valence-corrected chi connectivity index (χ3v) is 11.7. The molecule has 0 spiro atoms. The van der Waals surface area contributed by atoms with Gasteiger partial charge < -0.3 is 9.80 Å². The lowest BCUT2D eigenvalue weighted by molar-refractivity contribution is 0.462. The van der Waals surface area contributed by atoms with Crippen molar-refractivity contribution in [3.63, 3.8) is 0 Å². The molecule has 0 aliphatic heterocycles. The topological polar surface area (TPSA) is 6.48 Å². The van der Waals surface area contributed by atoms with Crippen LogP contribution in [0.25, 0.3) is 32.3 Å². The molecule has 53 heavy (non-hydrogen) atoms. The van der Waals surface area contributed by atoms with Crippen LogP contribution in [0.15, 0.2) is 176 Å². The van der Waals surface area contributed by atoms with Gasteiger partial charge >= 0.3 is 0 Å². The summed E-state index contributed by atoms with van der Waals surface area (Å²) in [7, 11) is 0. The standard InChI is InChI=1S/C51H48N2/c1-6-50(3,4)43-23-25-44(26-24-43)51(5,7-2)53(49-29-22-39-16-10-13-19-42(39)36-49)46-32-30-45(31-33-46)52(47-27-20-37-14-8-11-17-40(37)34-47)48-28-21-38-15-9-12-18-41(38)35-48/h8-36H,6-7H2,1-5H3. The zero-order valence-electron chi connectivity index (χ0n) is 31.6. The highest BCUT2D eigenvalue weighted by molar-refractivity contribution is 5.93. The van der Waals surface area contributed by atoms with Crippen LogP contribution >= 0.6 is 0 Å². The van der Waals surface area contributed by atoms with Crippen molar-refractivity contribution in [3.05, 3.63) is 187 Å². The van der Waals surface area contributed by atoms with Gasteiger partial charge in [0.1, 0.15) is 0 Å². The highest BCUT2D eigenvalue weighted by Gasteiger charge is 2.34. The molecule has 0 fully saturated rings. The first kappa shape index (κ1) is 34.2. The minimum absolute atomic E-state index is 0.136. The van der Waals surface area contributed by atoms with E-state index in [0.717, 1.165) is 35.6 Å². The molecule has 0 aromatic heterocycles. The Morgan fingerprint density at radius 1 is 0.358 bits per heavy atom. The van der Waals surface area contributed by atoms with E-state index in [-0.39, 0.29) is 11.0 Å². The van der Waals surface area contributed by atoms with Gasteiger partial charge in [0, 0.05) is 28.4 Å². The molecule has 8 aromatic rings. The molecule has 0 heterocycles. The van der Waals surface area contributed by atoms with E-state index in [4.69, 9.17) is 0 Å². The van der Waals surface area contributed by atoms with Crippen molar-refractivity contribution in [3.8, 4) is 0 Å². The second kappa shape index (κ2) is 13.9. The fourth-order valence-electron chi connectivity index (χ4n) is 7.84. The average molecular weight is 689 g/mol. The van der Waals surface area contributed by atoms with Crippen molar-refractivity contribution in [2.45, 2.75) is 58.4 Å². The molecule has 0 N–H and O–H groups in total. The third kappa shape index (κ3) is 6.44. The lowest BCUT2D eigenvalue weighted by Gasteiger charge is -2.44. The Morgan fingerprint density at radius 3 is 1.19 bits per heavy atom. The van der Waals surface area contributed by atoms with Crippen LogP contribution in [0.1, 0.15) is 58.6 Å². The van der Waals surface area contributed by atoms with E-state index in [2.05, 4.69) is 220 Å². The van der Waals surface area contributed by atoms with Gasteiger partial charge in [0.05, 0.1) is 5.54 Å². The summed E-state index contributed by atoms with van der Waals surface area (Å²) in [4.78, 5) is 4.94. The zero-order valence-corrected chi connectivity index (χ0v) is 31.6. The second-order valence-electron chi connectivity index (χ2n) is 15.2. The van der Waals surface area contributed by atoms with Gasteiger partial charge in [-0.05, 0) is 129 Å². The monoisotopic (exact) mass is 688 g/mol. The summed E-state index contributed by atoms with van der Waals surface area (Å²) in [6.45, 7) is 11.7. The summed E-state index contributed by atoms with van der Waals surface area (Å²) in [5.74, 6) is 0. The highest BCUT2D eigenvalue weighted by atomic mass is 15.2. The number of hydrogen-bond donors (Lipinski definition) is 0. The summed E-state index contributed by atoms with van der Waals surface area (Å²) >= 11 is 0. The van der Waals surface area contributed by atoms with Crippen LogP contribution in [-0.2, 0) is 11.0 Å². The molecular weight excluding hydrogens is 641 g/mol. The SMILES string of the molecule is CCC(C)(C)c1ccc(C(C)(CC)N(c2ccc(N(c3ccc4ccccc4c3)c3ccc4ccccc4c3)cc2)c2ccc3ccccc3c2)cc1. The van der Waals surface area contributed by atoms with E-state index in [0.29, 0.717) is 0 Å². The van der Waals surface area contributed by atoms with Crippen LogP contribution in [-0.4, -0.2) is 0 Å².